The molecule has 0 fully saturated rings. The van der Waals surface area contributed by atoms with Crippen LogP contribution in [0.1, 0.15) is 5.56 Å². The molecule has 18 heavy (non-hydrogen) atoms. The summed E-state index contributed by atoms with van der Waals surface area (Å²) in [4.78, 5) is 0. The highest BCUT2D eigenvalue weighted by Gasteiger charge is 2.13. The summed E-state index contributed by atoms with van der Waals surface area (Å²) in [6, 6.07) is 7.50. The zero-order valence-corrected chi connectivity index (χ0v) is 10.4. The van der Waals surface area contributed by atoms with Crippen molar-refractivity contribution in [2.24, 2.45) is 0 Å². The van der Waals surface area contributed by atoms with Crippen LogP contribution in [0.4, 0.5) is 25.8 Å². The normalized spacial score (nSPS) is 10.4. The van der Waals surface area contributed by atoms with Gasteiger partial charge in [0.25, 0.3) is 0 Å². The van der Waals surface area contributed by atoms with Gasteiger partial charge in [-0.3, -0.25) is 0 Å². The van der Waals surface area contributed by atoms with Crippen LogP contribution in [0, 0.1) is 18.6 Å². The molecule has 0 aromatic heterocycles. The maximum absolute atomic E-state index is 13.6. The molecule has 0 spiro atoms. The summed E-state index contributed by atoms with van der Waals surface area (Å²) in [5.41, 5.74) is 7.04. The van der Waals surface area contributed by atoms with E-state index < -0.39 is 11.6 Å². The first-order chi connectivity index (χ1) is 8.49. The lowest BCUT2D eigenvalue weighted by atomic mass is 10.2. The van der Waals surface area contributed by atoms with Gasteiger partial charge in [-0.15, -0.1) is 0 Å². The monoisotopic (exact) mass is 268 g/mol. The van der Waals surface area contributed by atoms with Gasteiger partial charge in [-0.1, -0.05) is 17.7 Å². The Morgan fingerprint density at radius 3 is 2.61 bits per heavy atom. The van der Waals surface area contributed by atoms with Gasteiger partial charge in [0.05, 0.1) is 16.4 Å². The molecule has 0 radical (unpaired) electrons. The molecule has 0 amide bonds. The van der Waals surface area contributed by atoms with E-state index in [9.17, 15) is 8.78 Å². The van der Waals surface area contributed by atoms with Gasteiger partial charge in [0, 0.05) is 0 Å². The van der Waals surface area contributed by atoms with Crippen LogP contribution in [0.25, 0.3) is 0 Å². The highest BCUT2D eigenvalue weighted by Crippen LogP contribution is 2.31. The molecule has 0 heterocycles. The lowest BCUT2D eigenvalue weighted by Gasteiger charge is -2.12. The third kappa shape index (κ3) is 2.38. The Labute approximate surface area is 108 Å². The van der Waals surface area contributed by atoms with Crippen LogP contribution in [0.5, 0.6) is 0 Å². The van der Waals surface area contributed by atoms with Crippen LogP contribution >= 0.6 is 11.6 Å². The topological polar surface area (TPSA) is 38.0 Å². The van der Waals surface area contributed by atoms with Crippen molar-refractivity contribution in [1.82, 2.24) is 0 Å². The molecule has 2 rings (SSSR count). The minimum Gasteiger partial charge on any atom is -0.397 e. The van der Waals surface area contributed by atoms with Gasteiger partial charge in [-0.25, -0.2) is 8.78 Å². The molecule has 0 aliphatic carbocycles. The number of hydrogen-bond acceptors (Lipinski definition) is 2. The van der Waals surface area contributed by atoms with Crippen LogP contribution in [-0.2, 0) is 0 Å². The molecule has 5 heteroatoms. The summed E-state index contributed by atoms with van der Waals surface area (Å²) in [7, 11) is 0. The van der Waals surface area contributed by atoms with Gasteiger partial charge in [0.2, 0.25) is 0 Å². The molecule has 2 nitrogen and oxygen atoms in total. The Hall–Kier alpha value is -1.81. The Morgan fingerprint density at radius 2 is 1.89 bits per heavy atom. The first-order valence-electron chi connectivity index (χ1n) is 5.25. The highest BCUT2D eigenvalue weighted by molar-refractivity contribution is 6.33. The molecule has 0 aliphatic rings. The van der Waals surface area contributed by atoms with Crippen LogP contribution in [0.3, 0.4) is 0 Å². The average molecular weight is 269 g/mol. The Kier molecular flexibility index (Phi) is 3.39. The van der Waals surface area contributed by atoms with E-state index in [1.165, 1.54) is 6.07 Å². The van der Waals surface area contributed by atoms with E-state index >= 15 is 0 Å². The molecule has 0 atom stereocenters. The zero-order valence-electron chi connectivity index (χ0n) is 9.60. The molecule has 2 aromatic carbocycles. The second kappa shape index (κ2) is 4.82. The molecule has 2 aromatic rings. The third-order valence-corrected chi connectivity index (χ3v) is 2.84. The van der Waals surface area contributed by atoms with E-state index in [0.717, 1.165) is 11.6 Å². The minimum atomic E-state index is -1.02. The Morgan fingerprint density at radius 1 is 1.17 bits per heavy atom. The standard InChI is InChI=1S/C13H11ClF2N2/c1-7-2-3-8(14)11(6-7)18-13-10(17)5-4-9(15)12(13)16/h2-6,18H,17H2,1H3. The lowest BCUT2D eigenvalue weighted by molar-refractivity contribution is 0.512. The SMILES string of the molecule is Cc1ccc(Cl)c(Nc2c(N)ccc(F)c2F)c1. The van der Waals surface area contributed by atoms with Crippen LogP contribution in [0.15, 0.2) is 30.3 Å². The van der Waals surface area contributed by atoms with E-state index in [1.807, 2.05) is 13.0 Å². The molecule has 0 bridgehead atoms. The fourth-order valence-corrected chi connectivity index (χ4v) is 1.73. The molecule has 3 N–H and O–H groups in total. The zero-order chi connectivity index (χ0) is 13.3. The fourth-order valence-electron chi connectivity index (χ4n) is 1.56. The molecule has 0 unspecified atom stereocenters. The number of nitrogens with two attached hydrogens (primary N) is 1. The lowest BCUT2D eigenvalue weighted by Crippen LogP contribution is -2.02. The Balaban J connectivity index is 2.46. The molecule has 0 saturated carbocycles. The van der Waals surface area contributed by atoms with Gasteiger partial charge in [-0.2, -0.15) is 0 Å². The van der Waals surface area contributed by atoms with Crippen molar-refractivity contribution in [2.45, 2.75) is 6.92 Å². The van der Waals surface area contributed by atoms with Gasteiger partial charge < -0.3 is 11.1 Å². The third-order valence-electron chi connectivity index (χ3n) is 2.51. The Bertz CT molecular complexity index is 600. The number of anilines is 3. The summed E-state index contributed by atoms with van der Waals surface area (Å²) in [6.07, 6.45) is 0. The first-order valence-corrected chi connectivity index (χ1v) is 5.63. The molecule has 0 saturated heterocycles. The number of benzene rings is 2. The van der Waals surface area contributed by atoms with Crippen LogP contribution < -0.4 is 11.1 Å². The summed E-state index contributed by atoms with van der Waals surface area (Å²) in [5.74, 6) is -1.98. The van der Waals surface area contributed by atoms with Gasteiger partial charge in [0.15, 0.2) is 11.6 Å². The van der Waals surface area contributed by atoms with Crippen molar-refractivity contribution in [3.05, 3.63) is 52.6 Å². The second-order valence-corrected chi connectivity index (χ2v) is 4.34. The number of rotatable bonds is 2. The van der Waals surface area contributed by atoms with Crippen molar-refractivity contribution in [2.75, 3.05) is 11.1 Å². The summed E-state index contributed by atoms with van der Waals surface area (Å²) >= 11 is 5.97. The number of halogens is 3. The smallest absolute Gasteiger partial charge is 0.184 e. The van der Waals surface area contributed by atoms with Crippen molar-refractivity contribution >= 4 is 28.7 Å². The number of hydrogen-bond donors (Lipinski definition) is 2. The van der Waals surface area contributed by atoms with Gasteiger partial charge >= 0.3 is 0 Å². The number of nitrogens with one attached hydrogen (secondary N) is 1. The predicted octanol–water partition coefficient (Wildman–Crippen LogP) is 4.25. The fraction of sp³-hybridized carbons (Fsp3) is 0.0769. The van der Waals surface area contributed by atoms with E-state index in [-0.39, 0.29) is 11.4 Å². The van der Waals surface area contributed by atoms with Crippen molar-refractivity contribution in [3.8, 4) is 0 Å². The number of nitrogen functional groups attached to an aromatic ring is 1. The molecular weight excluding hydrogens is 258 g/mol. The van der Waals surface area contributed by atoms with Crippen LogP contribution in [-0.4, -0.2) is 0 Å². The van der Waals surface area contributed by atoms with E-state index in [1.54, 1.807) is 12.1 Å². The summed E-state index contributed by atoms with van der Waals surface area (Å²) < 4.78 is 26.8. The summed E-state index contributed by atoms with van der Waals surface area (Å²) in [5, 5.41) is 3.12. The van der Waals surface area contributed by atoms with Crippen LogP contribution in [0.2, 0.25) is 5.02 Å². The maximum atomic E-state index is 13.6. The van der Waals surface area contributed by atoms with Crippen molar-refractivity contribution in [1.29, 1.82) is 0 Å². The van der Waals surface area contributed by atoms with Gasteiger partial charge in [-0.05, 0) is 36.8 Å². The molecule has 94 valence electrons. The van der Waals surface area contributed by atoms with Crippen molar-refractivity contribution < 1.29 is 8.78 Å². The maximum Gasteiger partial charge on any atom is 0.184 e. The van der Waals surface area contributed by atoms with E-state index in [4.69, 9.17) is 17.3 Å². The van der Waals surface area contributed by atoms with Gasteiger partial charge in [0.1, 0.15) is 5.69 Å². The average Bonchev–Trinajstić information content (AvgIpc) is 2.34. The van der Waals surface area contributed by atoms with E-state index in [2.05, 4.69) is 5.32 Å². The highest BCUT2D eigenvalue weighted by atomic mass is 35.5. The first kappa shape index (κ1) is 12.6. The number of aryl methyl sites for hydroxylation is 1. The molecule has 0 aliphatic heterocycles. The predicted molar refractivity (Wildman–Crippen MR) is 70.2 cm³/mol. The quantitative estimate of drug-likeness (QED) is 0.799. The minimum absolute atomic E-state index is 0.109. The summed E-state index contributed by atoms with van der Waals surface area (Å²) in [6.45, 7) is 1.87. The van der Waals surface area contributed by atoms with Crippen molar-refractivity contribution in [3.63, 3.8) is 0 Å². The largest absolute Gasteiger partial charge is 0.397 e. The molecular formula is C13H11ClF2N2. The van der Waals surface area contributed by atoms with E-state index in [0.29, 0.717) is 10.7 Å². The second-order valence-electron chi connectivity index (χ2n) is 3.93.